The van der Waals surface area contributed by atoms with E-state index in [4.69, 9.17) is 23.8 Å². The van der Waals surface area contributed by atoms with Crippen molar-refractivity contribution >= 4 is 21.6 Å². The summed E-state index contributed by atoms with van der Waals surface area (Å²) in [4.78, 5) is 5.61. The Balaban J connectivity index is 1.60. The first-order valence-electron chi connectivity index (χ1n) is 8.33. The number of hydrogen-bond donors (Lipinski definition) is 0. The zero-order valence-corrected chi connectivity index (χ0v) is 16.3. The molecule has 0 radical (unpaired) electrons. The molecule has 2 aliphatic heterocycles. The zero-order valence-electron chi connectivity index (χ0n) is 14.8. The molecule has 1 unspecified atom stereocenters. The van der Waals surface area contributed by atoms with Gasteiger partial charge in [-0.15, -0.1) is 0 Å². The highest BCUT2D eigenvalue weighted by Gasteiger charge is 2.33. The van der Waals surface area contributed by atoms with Crippen molar-refractivity contribution in [3.05, 3.63) is 45.7 Å². The Morgan fingerprint density at radius 2 is 1.78 bits per heavy atom. The van der Waals surface area contributed by atoms with Gasteiger partial charge in [-0.3, -0.25) is 0 Å². The van der Waals surface area contributed by atoms with Crippen LogP contribution in [0.4, 0.5) is 4.39 Å². The fourth-order valence-electron chi connectivity index (χ4n) is 3.25. The number of fused-ring (bicyclic) bond motifs is 1. The van der Waals surface area contributed by atoms with Crippen LogP contribution in [0, 0.1) is 5.82 Å². The molecule has 0 aromatic heterocycles. The molecule has 0 N–H and O–H groups in total. The predicted molar refractivity (Wildman–Crippen MR) is 99.5 cm³/mol. The number of methoxy groups -OCH3 is 2. The van der Waals surface area contributed by atoms with Crippen LogP contribution in [-0.2, 0) is 11.3 Å². The summed E-state index contributed by atoms with van der Waals surface area (Å²) in [5.41, 5.74) is 2.47. The van der Waals surface area contributed by atoms with E-state index < -0.39 is 0 Å². The molecule has 1 atom stereocenters. The van der Waals surface area contributed by atoms with Gasteiger partial charge in [0.15, 0.2) is 11.5 Å². The molecule has 0 amide bonds. The maximum absolute atomic E-state index is 13.1. The van der Waals surface area contributed by atoms with Crippen LogP contribution in [0.3, 0.4) is 0 Å². The third-order valence-corrected chi connectivity index (χ3v) is 5.35. The molecule has 2 aliphatic rings. The van der Waals surface area contributed by atoms with Gasteiger partial charge in [-0.25, -0.2) is 4.39 Å². The van der Waals surface area contributed by atoms with Crippen molar-refractivity contribution in [2.24, 2.45) is 5.16 Å². The Bertz CT molecular complexity index is 900. The molecule has 6 nitrogen and oxygen atoms in total. The highest BCUT2D eigenvalue weighted by molar-refractivity contribution is 9.10. The van der Waals surface area contributed by atoms with Crippen LogP contribution in [0.1, 0.15) is 17.5 Å². The van der Waals surface area contributed by atoms with Gasteiger partial charge in [0.1, 0.15) is 11.9 Å². The Kier molecular flexibility index (Phi) is 4.82. The van der Waals surface area contributed by atoms with E-state index in [0.717, 1.165) is 21.3 Å². The smallest absolute Gasteiger partial charge is 0.231 e. The molecule has 2 aromatic carbocycles. The molecule has 0 spiro atoms. The molecular weight excluding hydrogens is 421 g/mol. The fraction of sp³-hybridized carbons (Fsp3) is 0.316. The van der Waals surface area contributed by atoms with Crippen LogP contribution in [0.15, 0.2) is 33.9 Å². The van der Waals surface area contributed by atoms with Crippen LogP contribution in [0.5, 0.6) is 23.0 Å². The molecule has 2 heterocycles. The fourth-order valence-corrected chi connectivity index (χ4v) is 3.93. The highest BCUT2D eigenvalue weighted by atomic mass is 79.9. The molecule has 8 heteroatoms. The molecule has 0 saturated heterocycles. The molecule has 27 heavy (non-hydrogen) atoms. The maximum Gasteiger partial charge on any atom is 0.231 e. The third-order valence-electron chi connectivity index (χ3n) is 4.51. The van der Waals surface area contributed by atoms with Gasteiger partial charge in [-0.2, -0.15) is 0 Å². The van der Waals surface area contributed by atoms with Gasteiger partial charge in [-0.05, 0) is 33.6 Å². The van der Waals surface area contributed by atoms with E-state index >= 15 is 0 Å². The van der Waals surface area contributed by atoms with Crippen LogP contribution >= 0.6 is 15.9 Å². The summed E-state index contributed by atoms with van der Waals surface area (Å²) in [6.07, 6.45) is 0.920. The van der Waals surface area contributed by atoms with Crippen molar-refractivity contribution in [1.29, 1.82) is 0 Å². The number of halogens is 2. The Morgan fingerprint density at radius 1 is 1.11 bits per heavy atom. The number of oxime groups is 1. The molecule has 0 bridgehead atoms. The second-order valence-electron chi connectivity index (χ2n) is 6.10. The van der Waals surface area contributed by atoms with Gasteiger partial charge in [0.2, 0.25) is 18.3 Å². The topological polar surface area (TPSA) is 58.5 Å². The lowest BCUT2D eigenvalue weighted by Gasteiger charge is -2.18. The summed E-state index contributed by atoms with van der Waals surface area (Å²) in [5.74, 6) is 1.88. The van der Waals surface area contributed by atoms with Gasteiger partial charge in [0.05, 0.1) is 24.4 Å². The third kappa shape index (κ3) is 3.18. The van der Waals surface area contributed by atoms with Crippen molar-refractivity contribution in [3.63, 3.8) is 0 Å². The molecule has 0 saturated carbocycles. The summed E-state index contributed by atoms with van der Waals surface area (Å²) in [6.45, 7) is 0.107. The van der Waals surface area contributed by atoms with Crippen molar-refractivity contribution < 1.29 is 28.2 Å². The van der Waals surface area contributed by atoms with E-state index in [1.807, 2.05) is 0 Å². The van der Waals surface area contributed by atoms with E-state index in [0.29, 0.717) is 35.8 Å². The SMILES string of the molecule is COc1c(Br)c(CC2CC(c3ccc(F)cc3)=NO2)c(OC)c2c1OCO2. The monoisotopic (exact) mass is 437 g/mol. The molecule has 2 aromatic rings. The summed E-state index contributed by atoms with van der Waals surface area (Å²) >= 11 is 3.59. The Labute approximate surface area is 163 Å². The molecule has 0 aliphatic carbocycles. The Hall–Kier alpha value is -2.48. The van der Waals surface area contributed by atoms with Crippen LogP contribution in [0.2, 0.25) is 0 Å². The molecule has 142 valence electrons. The van der Waals surface area contributed by atoms with Gasteiger partial charge in [0.25, 0.3) is 0 Å². The lowest BCUT2D eigenvalue weighted by atomic mass is 9.99. The Morgan fingerprint density at radius 3 is 2.44 bits per heavy atom. The van der Waals surface area contributed by atoms with Gasteiger partial charge < -0.3 is 23.8 Å². The largest absolute Gasteiger partial charge is 0.492 e. The normalized spacial score (nSPS) is 17.5. The first-order chi connectivity index (χ1) is 13.1. The van der Waals surface area contributed by atoms with Crippen molar-refractivity contribution in [2.75, 3.05) is 21.0 Å². The van der Waals surface area contributed by atoms with Crippen molar-refractivity contribution in [2.45, 2.75) is 18.9 Å². The van der Waals surface area contributed by atoms with Crippen LogP contribution < -0.4 is 18.9 Å². The van der Waals surface area contributed by atoms with Gasteiger partial charge in [0, 0.05) is 18.4 Å². The number of hydrogen-bond acceptors (Lipinski definition) is 6. The maximum atomic E-state index is 13.1. The number of nitrogens with zero attached hydrogens (tertiary/aromatic N) is 1. The zero-order chi connectivity index (χ0) is 19.0. The quantitative estimate of drug-likeness (QED) is 0.705. The standard InChI is InChI=1S/C19H17BrFNO5/c1-23-16-13(15(20)17(24-2)19-18(16)25-9-26-19)7-12-8-14(22-27-12)10-3-5-11(21)6-4-10/h3-6,12H,7-9H2,1-2H3. The second kappa shape index (κ2) is 7.26. The lowest BCUT2D eigenvalue weighted by Crippen LogP contribution is -2.13. The first kappa shape index (κ1) is 17.9. The minimum Gasteiger partial charge on any atom is -0.492 e. The average Bonchev–Trinajstić information content (AvgIpc) is 3.33. The van der Waals surface area contributed by atoms with Crippen LogP contribution in [0.25, 0.3) is 0 Å². The number of ether oxygens (including phenoxy) is 4. The van der Waals surface area contributed by atoms with E-state index in [1.54, 1.807) is 26.4 Å². The van der Waals surface area contributed by atoms with Gasteiger partial charge in [-0.1, -0.05) is 17.3 Å². The second-order valence-corrected chi connectivity index (χ2v) is 6.90. The van der Waals surface area contributed by atoms with Crippen LogP contribution in [-0.4, -0.2) is 32.8 Å². The minimum absolute atomic E-state index is 0.107. The summed E-state index contributed by atoms with van der Waals surface area (Å²) < 4.78 is 36.0. The van der Waals surface area contributed by atoms with E-state index in [-0.39, 0.29) is 18.7 Å². The van der Waals surface area contributed by atoms with Crippen molar-refractivity contribution in [3.8, 4) is 23.0 Å². The predicted octanol–water partition coefficient (Wildman–Crippen LogP) is 4.07. The highest BCUT2D eigenvalue weighted by Crippen LogP contribution is 2.54. The van der Waals surface area contributed by atoms with E-state index in [1.165, 1.54) is 12.1 Å². The summed E-state index contributed by atoms with van der Waals surface area (Å²) in [5, 5.41) is 4.16. The minimum atomic E-state index is -0.282. The number of rotatable bonds is 5. The summed E-state index contributed by atoms with van der Waals surface area (Å²) in [6, 6.07) is 6.21. The average molecular weight is 438 g/mol. The van der Waals surface area contributed by atoms with Gasteiger partial charge >= 0.3 is 0 Å². The van der Waals surface area contributed by atoms with E-state index in [2.05, 4.69) is 21.1 Å². The number of benzene rings is 2. The van der Waals surface area contributed by atoms with Crippen molar-refractivity contribution in [1.82, 2.24) is 0 Å². The molecule has 0 fully saturated rings. The lowest BCUT2D eigenvalue weighted by molar-refractivity contribution is 0.0852. The summed E-state index contributed by atoms with van der Waals surface area (Å²) in [7, 11) is 3.15. The van der Waals surface area contributed by atoms with E-state index in [9.17, 15) is 4.39 Å². The molecule has 4 rings (SSSR count). The first-order valence-corrected chi connectivity index (χ1v) is 9.12. The molecular formula is C19H17BrFNO5.